The van der Waals surface area contributed by atoms with E-state index in [0.717, 1.165) is 18.8 Å². The second kappa shape index (κ2) is 9.57. The van der Waals surface area contributed by atoms with Crippen LogP contribution in [0.1, 0.15) is 38.3 Å². The monoisotopic (exact) mass is 361 g/mol. The molecule has 26 heavy (non-hydrogen) atoms. The molecule has 1 aromatic rings. The lowest BCUT2D eigenvalue weighted by molar-refractivity contribution is -0.151. The molecule has 0 bridgehead atoms. The van der Waals surface area contributed by atoms with Crippen molar-refractivity contribution in [2.75, 3.05) is 45.2 Å². The van der Waals surface area contributed by atoms with Gasteiger partial charge in [-0.1, -0.05) is 26.0 Å². The van der Waals surface area contributed by atoms with Gasteiger partial charge in [-0.3, -0.25) is 14.5 Å². The number of likely N-dealkylation sites (tertiary alicyclic amines) is 1. The maximum atomic E-state index is 12.1. The van der Waals surface area contributed by atoms with Crippen LogP contribution in [0.25, 0.3) is 0 Å². The standard InChI is InChI=1S/C20H31N3O3/c1-15(2)20(25)26-14-19(24)21-13-18(23-11-5-6-12-23)16-7-9-17(10-8-16)22(3)4/h7-10,15,18H,5-6,11-14H2,1-4H3,(H,21,24)/t18-/m0/s1. The van der Waals surface area contributed by atoms with Gasteiger partial charge in [0.25, 0.3) is 5.91 Å². The molecular formula is C20H31N3O3. The van der Waals surface area contributed by atoms with Gasteiger partial charge in [-0.05, 0) is 43.6 Å². The smallest absolute Gasteiger partial charge is 0.308 e. The molecule has 1 aromatic carbocycles. The van der Waals surface area contributed by atoms with Gasteiger partial charge in [0, 0.05) is 26.3 Å². The van der Waals surface area contributed by atoms with Crippen LogP contribution in [0.3, 0.4) is 0 Å². The number of carbonyl (C=O) groups is 2. The Morgan fingerprint density at radius 1 is 1.15 bits per heavy atom. The van der Waals surface area contributed by atoms with Crippen molar-refractivity contribution in [2.24, 2.45) is 5.92 Å². The van der Waals surface area contributed by atoms with Crippen LogP contribution >= 0.6 is 0 Å². The van der Waals surface area contributed by atoms with E-state index in [1.54, 1.807) is 13.8 Å². The largest absolute Gasteiger partial charge is 0.455 e. The number of esters is 1. The van der Waals surface area contributed by atoms with Crippen molar-refractivity contribution in [1.82, 2.24) is 10.2 Å². The number of anilines is 1. The van der Waals surface area contributed by atoms with Gasteiger partial charge in [-0.15, -0.1) is 0 Å². The van der Waals surface area contributed by atoms with E-state index in [9.17, 15) is 9.59 Å². The van der Waals surface area contributed by atoms with Crippen LogP contribution in [0, 0.1) is 5.92 Å². The van der Waals surface area contributed by atoms with Gasteiger partial charge < -0.3 is 15.0 Å². The summed E-state index contributed by atoms with van der Waals surface area (Å²) in [7, 11) is 4.04. The average Bonchev–Trinajstić information content (AvgIpc) is 3.14. The summed E-state index contributed by atoms with van der Waals surface area (Å²) >= 11 is 0. The zero-order valence-electron chi connectivity index (χ0n) is 16.3. The maximum Gasteiger partial charge on any atom is 0.308 e. The Morgan fingerprint density at radius 3 is 2.31 bits per heavy atom. The lowest BCUT2D eigenvalue weighted by Crippen LogP contribution is -2.38. The first-order valence-electron chi connectivity index (χ1n) is 9.33. The van der Waals surface area contributed by atoms with Crippen molar-refractivity contribution < 1.29 is 14.3 Å². The Bertz CT molecular complexity index is 593. The Hall–Kier alpha value is -2.08. The highest BCUT2D eigenvalue weighted by atomic mass is 16.5. The van der Waals surface area contributed by atoms with Crippen LogP contribution in [0.15, 0.2) is 24.3 Å². The molecule has 6 heteroatoms. The average molecular weight is 361 g/mol. The minimum absolute atomic E-state index is 0.137. The summed E-state index contributed by atoms with van der Waals surface area (Å²) in [5.41, 5.74) is 2.34. The van der Waals surface area contributed by atoms with Crippen LogP contribution < -0.4 is 10.2 Å². The van der Waals surface area contributed by atoms with Gasteiger partial charge in [0.2, 0.25) is 0 Å². The number of nitrogens with one attached hydrogen (secondary N) is 1. The zero-order chi connectivity index (χ0) is 19.1. The van der Waals surface area contributed by atoms with Gasteiger partial charge >= 0.3 is 5.97 Å². The van der Waals surface area contributed by atoms with Crippen molar-refractivity contribution in [3.05, 3.63) is 29.8 Å². The van der Waals surface area contributed by atoms with Crippen molar-refractivity contribution in [1.29, 1.82) is 0 Å². The van der Waals surface area contributed by atoms with E-state index in [2.05, 4.69) is 39.4 Å². The summed E-state index contributed by atoms with van der Waals surface area (Å²) in [6.07, 6.45) is 2.37. The maximum absolute atomic E-state index is 12.1. The predicted molar refractivity (Wildman–Crippen MR) is 103 cm³/mol. The van der Waals surface area contributed by atoms with Crippen molar-refractivity contribution in [3.63, 3.8) is 0 Å². The summed E-state index contributed by atoms with van der Waals surface area (Å²) in [4.78, 5) is 28.0. The predicted octanol–water partition coefficient (Wildman–Crippen LogP) is 2.20. The number of nitrogens with zero attached hydrogens (tertiary/aromatic N) is 2. The fraction of sp³-hybridized carbons (Fsp3) is 0.600. The second-order valence-electron chi connectivity index (χ2n) is 7.31. The van der Waals surface area contributed by atoms with Gasteiger partial charge in [0.05, 0.1) is 12.0 Å². The fourth-order valence-electron chi connectivity index (χ4n) is 3.07. The Kier molecular flexibility index (Phi) is 7.45. The highest BCUT2D eigenvalue weighted by molar-refractivity contribution is 5.81. The minimum Gasteiger partial charge on any atom is -0.455 e. The SMILES string of the molecule is CC(C)C(=O)OCC(=O)NC[C@@H](c1ccc(N(C)C)cc1)N1CCCC1. The summed E-state index contributed by atoms with van der Waals surface area (Å²) < 4.78 is 5.00. The first-order chi connectivity index (χ1) is 12.4. The van der Waals surface area contributed by atoms with E-state index in [-0.39, 0.29) is 30.4 Å². The molecule has 0 unspecified atom stereocenters. The van der Waals surface area contributed by atoms with Gasteiger partial charge in [0.1, 0.15) is 0 Å². The molecule has 1 saturated heterocycles. The first-order valence-corrected chi connectivity index (χ1v) is 9.33. The third-order valence-electron chi connectivity index (χ3n) is 4.69. The fourth-order valence-corrected chi connectivity index (χ4v) is 3.07. The molecule has 1 amide bonds. The molecule has 2 rings (SSSR count). The molecule has 1 aliphatic rings. The van der Waals surface area contributed by atoms with Crippen molar-refractivity contribution in [3.8, 4) is 0 Å². The number of rotatable bonds is 8. The molecule has 1 aliphatic heterocycles. The van der Waals surface area contributed by atoms with E-state index in [4.69, 9.17) is 4.74 Å². The summed E-state index contributed by atoms with van der Waals surface area (Å²) in [6, 6.07) is 8.60. The van der Waals surface area contributed by atoms with Crippen LogP contribution in [0.5, 0.6) is 0 Å². The number of hydrogen-bond donors (Lipinski definition) is 1. The van der Waals surface area contributed by atoms with E-state index in [1.165, 1.54) is 18.4 Å². The summed E-state index contributed by atoms with van der Waals surface area (Å²) in [5.74, 6) is -0.834. The lowest BCUT2D eigenvalue weighted by atomic mass is 10.0. The molecule has 144 valence electrons. The molecule has 0 spiro atoms. The second-order valence-corrected chi connectivity index (χ2v) is 7.31. The third kappa shape index (κ3) is 5.73. The molecule has 0 saturated carbocycles. The highest BCUT2D eigenvalue weighted by Gasteiger charge is 2.24. The van der Waals surface area contributed by atoms with Crippen LogP contribution in [0.4, 0.5) is 5.69 Å². The zero-order valence-corrected chi connectivity index (χ0v) is 16.3. The Morgan fingerprint density at radius 2 is 1.77 bits per heavy atom. The molecule has 1 N–H and O–H groups in total. The minimum atomic E-state index is -0.351. The number of carbonyl (C=O) groups excluding carboxylic acids is 2. The van der Waals surface area contributed by atoms with Gasteiger partial charge in [0.15, 0.2) is 6.61 Å². The van der Waals surface area contributed by atoms with Crippen molar-refractivity contribution >= 4 is 17.6 Å². The van der Waals surface area contributed by atoms with Crippen LogP contribution in [-0.2, 0) is 14.3 Å². The normalized spacial score (nSPS) is 15.7. The van der Waals surface area contributed by atoms with Crippen LogP contribution in [0.2, 0.25) is 0 Å². The number of hydrogen-bond acceptors (Lipinski definition) is 5. The molecule has 6 nitrogen and oxygen atoms in total. The Balaban J connectivity index is 1.97. The van der Waals surface area contributed by atoms with Gasteiger partial charge in [-0.25, -0.2) is 0 Å². The number of amides is 1. The number of ether oxygens (including phenoxy) is 1. The quantitative estimate of drug-likeness (QED) is 0.720. The number of benzene rings is 1. The van der Waals surface area contributed by atoms with E-state index < -0.39 is 0 Å². The van der Waals surface area contributed by atoms with E-state index >= 15 is 0 Å². The van der Waals surface area contributed by atoms with Gasteiger partial charge in [-0.2, -0.15) is 0 Å². The molecule has 0 aliphatic carbocycles. The lowest BCUT2D eigenvalue weighted by Gasteiger charge is -2.28. The molecule has 1 heterocycles. The molecule has 1 fully saturated rings. The summed E-state index contributed by atoms with van der Waals surface area (Å²) in [5, 5.41) is 2.92. The molecule has 1 atom stereocenters. The molecular weight excluding hydrogens is 330 g/mol. The highest BCUT2D eigenvalue weighted by Crippen LogP contribution is 2.26. The first kappa shape index (κ1) is 20.2. The Labute approximate surface area is 156 Å². The molecule has 0 radical (unpaired) electrons. The van der Waals surface area contributed by atoms with E-state index in [0.29, 0.717) is 6.54 Å². The van der Waals surface area contributed by atoms with Crippen LogP contribution in [-0.4, -0.2) is 57.1 Å². The topological polar surface area (TPSA) is 61.9 Å². The third-order valence-corrected chi connectivity index (χ3v) is 4.69. The van der Waals surface area contributed by atoms with E-state index in [1.807, 2.05) is 14.1 Å². The summed E-state index contributed by atoms with van der Waals surface area (Å²) in [6.45, 7) is 5.88. The molecule has 0 aromatic heterocycles. The van der Waals surface area contributed by atoms with Crippen molar-refractivity contribution in [2.45, 2.75) is 32.7 Å².